The average Bonchev–Trinajstić information content (AvgIpc) is 3.08. The molecule has 0 aliphatic heterocycles. The van der Waals surface area contributed by atoms with Crippen LogP contribution in [-0.2, 0) is 11.4 Å². The third kappa shape index (κ3) is 4.61. The van der Waals surface area contributed by atoms with Crippen LogP contribution in [0.3, 0.4) is 0 Å². The number of amides is 1. The number of ether oxygens (including phenoxy) is 1. The Kier molecular flexibility index (Phi) is 6.03. The Morgan fingerprint density at radius 2 is 2.11 bits per heavy atom. The minimum atomic E-state index is -0.112. The number of rotatable bonds is 6. The van der Waals surface area contributed by atoms with Crippen molar-refractivity contribution >= 4 is 50.3 Å². The number of aldehydes is 1. The molecule has 0 atom stereocenters. The number of halogens is 1. The van der Waals surface area contributed by atoms with E-state index in [1.165, 1.54) is 18.3 Å². The zero-order valence-electron chi connectivity index (χ0n) is 14.8. The number of carbonyl (C=O) groups is 2. The largest absolute Gasteiger partial charge is 0.487 e. The second kappa shape index (κ2) is 8.45. The molecule has 0 saturated carbocycles. The molecule has 0 saturated heterocycles. The van der Waals surface area contributed by atoms with Crippen molar-refractivity contribution in [2.45, 2.75) is 20.5 Å². The van der Waals surface area contributed by atoms with Crippen LogP contribution in [0.15, 0.2) is 52.3 Å². The van der Waals surface area contributed by atoms with Gasteiger partial charge in [-0.15, -0.1) is 11.3 Å². The van der Waals surface area contributed by atoms with Gasteiger partial charge in [-0.1, -0.05) is 28.1 Å². The number of hydrogen-bond acceptors (Lipinski definition) is 5. The van der Waals surface area contributed by atoms with Crippen molar-refractivity contribution in [1.29, 1.82) is 0 Å². The summed E-state index contributed by atoms with van der Waals surface area (Å²) in [5.41, 5.74) is 2.99. The van der Waals surface area contributed by atoms with Gasteiger partial charge in [0.15, 0.2) is 11.4 Å². The van der Waals surface area contributed by atoms with E-state index in [1.807, 2.05) is 42.6 Å². The molecule has 0 aliphatic rings. The van der Waals surface area contributed by atoms with Crippen LogP contribution < -0.4 is 9.64 Å². The van der Waals surface area contributed by atoms with Crippen molar-refractivity contribution in [3.05, 3.63) is 69.1 Å². The molecule has 0 spiro atoms. The van der Waals surface area contributed by atoms with Crippen LogP contribution in [0.1, 0.15) is 28.5 Å². The first-order valence-electron chi connectivity index (χ1n) is 8.17. The summed E-state index contributed by atoms with van der Waals surface area (Å²) < 4.78 is 6.54. The van der Waals surface area contributed by atoms with Crippen molar-refractivity contribution in [3.63, 3.8) is 0 Å². The van der Waals surface area contributed by atoms with Crippen LogP contribution in [0, 0.1) is 6.92 Å². The molecule has 1 aromatic heterocycles. The molecule has 0 unspecified atom stereocenters. The van der Waals surface area contributed by atoms with Crippen molar-refractivity contribution in [1.82, 2.24) is 4.98 Å². The van der Waals surface area contributed by atoms with Crippen molar-refractivity contribution in [2.75, 3.05) is 4.90 Å². The standard InChI is InChI=1S/C20H17BrN2O3S/c1-13-4-3-5-18(8-13)23(14(2)25)20-22-17(12-27-20)11-26-19-7-6-16(21)9-15(19)10-24/h3-10,12H,11H2,1-2H3. The van der Waals surface area contributed by atoms with E-state index in [1.54, 1.807) is 17.0 Å². The summed E-state index contributed by atoms with van der Waals surface area (Å²) in [6, 6.07) is 12.9. The Morgan fingerprint density at radius 1 is 1.30 bits per heavy atom. The number of aryl methyl sites for hydroxylation is 1. The van der Waals surface area contributed by atoms with Gasteiger partial charge in [0.05, 0.1) is 16.9 Å². The first-order valence-corrected chi connectivity index (χ1v) is 9.84. The number of anilines is 2. The highest BCUT2D eigenvalue weighted by atomic mass is 79.9. The van der Waals surface area contributed by atoms with Gasteiger partial charge in [-0.3, -0.25) is 14.5 Å². The van der Waals surface area contributed by atoms with Crippen LogP contribution >= 0.6 is 27.3 Å². The minimum Gasteiger partial charge on any atom is -0.487 e. The number of thiazole rings is 1. The highest BCUT2D eigenvalue weighted by Crippen LogP contribution is 2.30. The topological polar surface area (TPSA) is 59.5 Å². The van der Waals surface area contributed by atoms with Crippen molar-refractivity contribution in [2.24, 2.45) is 0 Å². The molecule has 3 rings (SSSR count). The summed E-state index contributed by atoms with van der Waals surface area (Å²) in [7, 11) is 0. The normalized spacial score (nSPS) is 10.5. The molecule has 2 aromatic carbocycles. The van der Waals surface area contributed by atoms with E-state index in [2.05, 4.69) is 20.9 Å². The fourth-order valence-corrected chi connectivity index (χ4v) is 3.80. The molecular weight excluding hydrogens is 428 g/mol. The molecule has 0 bridgehead atoms. The number of carbonyl (C=O) groups excluding carboxylic acids is 2. The van der Waals surface area contributed by atoms with Gasteiger partial charge in [0.2, 0.25) is 5.91 Å². The van der Waals surface area contributed by atoms with Gasteiger partial charge in [0.25, 0.3) is 0 Å². The van der Waals surface area contributed by atoms with Gasteiger partial charge < -0.3 is 4.74 Å². The molecular formula is C20H17BrN2O3S. The zero-order valence-corrected chi connectivity index (χ0v) is 17.2. The van der Waals surface area contributed by atoms with E-state index in [0.29, 0.717) is 22.1 Å². The predicted molar refractivity (Wildman–Crippen MR) is 110 cm³/mol. The maximum Gasteiger partial charge on any atom is 0.230 e. The van der Waals surface area contributed by atoms with Gasteiger partial charge in [-0.25, -0.2) is 4.98 Å². The van der Waals surface area contributed by atoms with Gasteiger partial charge >= 0.3 is 0 Å². The van der Waals surface area contributed by atoms with E-state index in [0.717, 1.165) is 22.0 Å². The molecule has 0 aliphatic carbocycles. The fourth-order valence-electron chi connectivity index (χ4n) is 2.55. The molecule has 5 nitrogen and oxygen atoms in total. The van der Waals surface area contributed by atoms with E-state index in [9.17, 15) is 9.59 Å². The van der Waals surface area contributed by atoms with E-state index < -0.39 is 0 Å². The van der Waals surface area contributed by atoms with Gasteiger partial charge in [0, 0.05) is 16.8 Å². The van der Waals surface area contributed by atoms with E-state index in [-0.39, 0.29) is 12.5 Å². The molecule has 3 aromatic rings. The number of nitrogens with zero attached hydrogens (tertiary/aromatic N) is 2. The smallest absolute Gasteiger partial charge is 0.230 e. The lowest BCUT2D eigenvalue weighted by molar-refractivity contribution is -0.115. The summed E-state index contributed by atoms with van der Waals surface area (Å²) in [6.07, 6.45) is 0.752. The van der Waals surface area contributed by atoms with Gasteiger partial charge in [0.1, 0.15) is 12.4 Å². The summed E-state index contributed by atoms with van der Waals surface area (Å²) >= 11 is 4.70. The predicted octanol–water partition coefficient (Wildman–Crippen LogP) is 5.29. The Balaban J connectivity index is 1.79. The second-order valence-electron chi connectivity index (χ2n) is 5.90. The maximum atomic E-state index is 12.2. The van der Waals surface area contributed by atoms with Crippen molar-refractivity contribution in [3.8, 4) is 5.75 Å². The number of benzene rings is 2. The van der Waals surface area contributed by atoms with Crippen LogP contribution in [0.5, 0.6) is 5.75 Å². The van der Waals surface area contributed by atoms with Crippen molar-refractivity contribution < 1.29 is 14.3 Å². The first-order chi connectivity index (χ1) is 13.0. The first kappa shape index (κ1) is 19.3. The van der Waals surface area contributed by atoms with E-state index in [4.69, 9.17) is 4.74 Å². The molecule has 0 radical (unpaired) electrons. The Hall–Kier alpha value is -2.51. The maximum absolute atomic E-state index is 12.2. The lowest BCUT2D eigenvalue weighted by atomic mass is 10.2. The third-order valence-corrected chi connectivity index (χ3v) is 5.15. The van der Waals surface area contributed by atoms with E-state index >= 15 is 0 Å². The molecule has 7 heteroatoms. The molecule has 0 fully saturated rings. The SMILES string of the molecule is CC(=O)N(c1cccc(C)c1)c1nc(COc2ccc(Br)cc2C=O)cs1. The lowest BCUT2D eigenvalue weighted by Crippen LogP contribution is -2.22. The van der Waals surface area contributed by atoms with Crippen LogP contribution in [0.2, 0.25) is 0 Å². The fraction of sp³-hybridized carbons (Fsp3) is 0.150. The van der Waals surface area contributed by atoms with Crippen LogP contribution in [-0.4, -0.2) is 17.2 Å². The Labute approximate surface area is 169 Å². The molecule has 1 amide bonds. The van der Waals surface area contributed by atoms with Gasteiger partial charge in [-0.05, 0) is 42.8 Å². The average molecular weight is 445 g/mol. The lowest BCUT2D eigenvalue weighted by Gasteiger charge is -2.18. The number of aromatic nitrogens is 1. The Morgan fingerprint density at radius 3 is 2.81 bits per heavy atom. The zero-order chi connectivity index (χ0) is 19.4. The van der Waals surface area contributed by atoms with Crippen LogP contribution in [0.4, 0.5) is 10.8 Å². The second-order valence-corrected chi connectivity index (χ2v) is 7.66. The molecule has 0 N–H and O–H groups in total. The van der Waals surface area contributed by atoms with Crippen LogP contribution in [0.25, 0.3) is 0 Å². The summed E-state index contributed by atoms with van der Waals surface area (Å²) in [5.74, 6) is 0.378. The van der Waals surface area contributed by atoms with Gasteiger partial charge in [-0.2, -0.15) is 0 Å². The Bertz CT molecular complexity index is 987. The quantitative estimate of drug-likeness (QED) is 0.484. The summed E-state index contributed by atoms with van der Waals surface area (Å²) in [4.78, 5) is 29.5. The monoisotopic (exact) mass is 444 g/mol. The highest BCUT2D eigenvalue weighted by Gasteiger charge is 2.18. The minimum absolute atomic E-state index is 0.112. The summed E-state index contributed by atoms with van der Waals surface area (Å²) in [6.45, 7) is 3.70. The highest BCUT2D eigenvalue weighted by molar-refractivity contribution is 9.10. The number of hydrogen-bond donors (Lipinski definition) is 0. The third-order valence-electron chi connectivity index (χ3n) is 3.78. The molecule has 138 valence electrons. The molecule has 27 heavy (non-hydrogen) atoms. The summed E-state index contributed by atoms with van der Waals surface area (Å²) in [5, 5.41) is 2.43. The molecule has 1 heterocycles.